The largest absolute Gasteiger partial charge is 0.298 e. The maximum absolute atomic E-state index is 10.5. The zero-order valence-electron chi connectivity index (χ0n) is 5.27. The van der Waals surface area contributed by atoms with Gasteiger partial charge < -0.3 is 0 Å². The highest BCUT2D eigenvalue weighted by atomic mass is 127. The topological polar surface area (TPSA) is 17.1 Å². The van der Waals surface area contributed by atoms with Crippen molar-refractivity contribution >= 4 is 56.4 Å². The number of hydrogen-bond donors (Lipinski definition) is 0. The quantitative estimate of drug-likeness (QED) is 0.432. The molecule has 0 aliphatic heterocycles. The second-order valence-corrected chi connectivity index (χ2v) is 4.27. The Labute approximate surface area is 91.4 Å². The minimum atomic E-state index is 0.509. The van der Waals surface area contributed by atoms with E-state index < -0.39 is 0 Å². The third kappa shape index (κ3) is 1.95. The fraction of sp³-hybridized carbons (Fsp3) is 0. The van der Waals surface area contributed by atoms with Crippen LogP contribution in [0.2, 0.25) is 5.02 Å². The summed E-state index contributed by atoms with van der Waals surface area (Å²) in [7, 11) is 0. The molecule has 0 amide bonds. The van der Waals surface area contributed by atoms with Crippen molar-refractivity contribution in [1.82, 2.24) is 0 Å². The molecule has 0 bridgehead atoms. The van der Waals surface area contributed by atoms with Gasteiger partial charge in [0.15, 0.2) is 6.29 Å². The summed E-state index contributed by atoms with van der Waals surface area (Å²) in [4.78, 5) is 10.5. The van der Waals surface area contributed by atoms with E-state index in [0.29, 0.717) is 10.6 Å². The standard InChI is InChI=1S/C7H3BrClIO/c8-5-1-2-6(10)7(9)4(5)3-11/h1-3H. The van der Waals surface area contributed by atoms with Gasteiger partial charge in [-0.15, -0.1) is 0 Å². The van der Waals surface area contributed by atoms with Crippen LogP contribution >= 0.6 is 50.1 Å². The Bertz CT molecular complexity index is 301. The summed E-state index contributed by atoms with van der Waals surface area (Å²) in [5.41, 5.74) is 0.513. The average Bonchev–Trinajstić information content (AvgIpc) is 1.99. The third-order valence-corrected chi connectivity index (χ3v) is 3.51. The first-order valence-electron chi connectivity index (χ1n) is 2.75. The molecule has 0 heterocycles. The van der Waals surface area contributed by atoms with Gasteiger partial charge in [-0.2, -0.15) is 0 Å². The molecule has 0 aliphatic carbocycles. The van der Waals surface area contributed by atoms with Crippen LogP contribution in [0, 0.1) is 3.57 Å². The molecule has 0 radical (unpaired) electrons. The maximum Gasteiger partial charge on any atom is 0.152 e. The predicted molar refractivity (Wildman–Crippen MR) is 57.3 cm³/mol. The summed E-state index contributed by atoms with van der Waals surface area (Å²) in [6.45, 7) is 0. The Morgan fingerprint density at radius 2 is 2.18 bits per heavy atom. The first-order chi connectivity index (χ1) is 5.16. The summed E-state index contributed by atoms with van der Waals surface area (Å²) in [6.07, 6.45) is 0.745. The van der Waals surface area contributed by atoms with Gasteiger partial charge in [-0.1, -0.05) is 27.5 Å². The summed E-state index contributed by atoms with van der Waals surface area (Å²) < 4.78 is 1.62. The lowest BCUT2D eigenvalue weighted by Gasteiger charge is -2.00. The van der Waals surface area contributed by atoms with Crippen molar-refractivity contribution in [3.05, 3.63) is 30.8 Å². The lowest BCUT2D eigenvalue weighted by molar-refractivity contribution is 0.112. The van der Waals surface area contributed by atoms with E-state index in [1.54, 1.807) is 6.07 Å². The van der Waals surface area contributed by atoms with E-state index in [4.69, 9.17) is 11.6 Å². The molecule has 0 unspecified atom stereocenters. The van der Waals surface area contributed by atoms with Gasteiger partial charge in [-0.05, 0) is 34.7 Å². The van der Waals surface area contributed by atoms with E-state index in [-0.39, 0.29) is 0 Å². The number of carbonyl (C=O) groups excluding carboxylic acids is 1. The van der Waals surface area contributed by atoms with E-state index in [1.807, 2.05) is 6.07 Å². The minimum absolute atomic E-state index is 0.509. The molecule has 0 aliphatic rings. The van der Waals surface area contributed by atoms with Crippen LogP contribution in [0.15, 0.2) is 16.6 Å². The Hall–Kier alpha value is 0.390. The molecule has 1 aromatic carbocycles. The molecule has 58 valence electrons. The zero-order chi connectivity index (χ0) is 8.43. The van der Waals surface area contributed by atoms with Gasteiger partial charge in [-0.3, -0.25) is 4.79 Å². The summed E-state index contributed by atoms with van der Waals surface area (Å²) in [6, 6.07) is 3.65. The molecule has 0 fully saturated rings. The highest BCUT2D eigenvalue weighted by Crippen LogP contribution is 2.27. The van der Waals surface area contributed by atoms with Crippen LogP contribution in [-0.4, -0.2) is 6.29 Å². The fourth-order valence-electron chi connectivity index (χ4n) is 0.651. The second kappa shape index (κ2) is 3.87. The number of aldehydes is 1. The van der Waals surface area contributed by atoms with Crippen LogP contribution in [0.25, 0.3) is 0 Å². The van der Waals surface area contributed by atoms with Crippen LogP contribution in [0.1, 0.15) is 10.4 Å². The van der Waals surface area contributed by atoms with Gasteiger partial charge in [0.1, 0.15) is 0 Å². The van der Waals surface area contributed by atoms with Crippen molar-refractivity contribution in [2.75, 3.05) is 0 Å². The van der Waals surface area contributed by atoms with Crippen LogP contribution in [-0.2, 0) is 0 Å². The number of hydrogen-bond acceptors (Lipinski definition) is 1. The van der Waals surface area contributed by atoms with Crippen molar-refractivity contribution in [2.24, 2.45) is 0 Å². The zero-order valence-corrected chi connectivity index (χ0v) is 9.77. The molecule has 1 rings (SSSR count). The Balaban J connectivity index is 3.40. The molecule has 11 heavy (non-hydrogen) atoms. The van der Waals surface area contributed by atoms with Crippen molar-refractivity contribution in [3.8, 4) is 0 Å². The molecule has 1 aromatic rings. The summed E-state index contributed by atoms with van der Waals surface area (Å²) in [5, 5.41) is 0.509. The van der Waals surface area contributed by atoms with Crippen molar-refractivity contribution in [2.45, 2.75) is 0 Å². The molecule has 0 spiro atoms. The van der Waals surface area contributed by atoms with Gasteiger partial charge in [0, 0.05) is 13.6 Å². The molecule has 0 aromatic heterocycles. The normalized spacial score (nSPS) is 9.73. The summed E-state index contributed by atoms with van der Waals surface area (Å²) in [5.74, 6) is 0. The van der Waals surface area contributed by atoms with E-state index in [0.717, 1.165) is 14.3 Å². The molecular formula is C7H3BrClIO. The SMILES string of the molecule is O=Cc1c(Br)ccc(I)c1Cl. The van der Waals surface area contributed by atoms with Gasteiger partial charge >= 0.3 is 0 Å². The van der Waals surface area contributed by atoms with Crippen LogP contribution < -0.4 is 0 Å². The molecule has 4 heteroatoms. The minimum Gasteiger partial charge on any atom is -0.298 e. The van der Waals surface area contributed by atoms with E-state index in [9.17, 15) is 4.79 Å². The Morgan fingerprint density at radius 3 is 2.64 bits per heavy atom. The number of benzene rings is 1. The number of carbonyl (C=O) groups is 1. The van der Waals surface area contributed by atoms with Gasteiger partial charge in [-0.25, -0.2) is 0 Å². The molecule has 0 N–H and O–H groups in total. The molecule has 0 saturated heterocycles. The Morgan fingerprint density at radius 1 is 1.55 bits per heavy atom. The Kier molecular flexibility index (Phi) is 3.33. The predicted octanol–water partition coefficient (Wildman–Crippen LogP) is 3.52. The summed E-state index contributed by atoms with van der Waals surface area (Å²) >= 11 is 11.1. The number of halogens is 3. The first-order valence-corrected chi connectivity index (χ1v) is 5.00. The van der Waals surface area contributed by atoms with Crippen molar-refractivity contribution in [1.29, 1.82) is 0 Å². The first kappa shape index (κ1) is 9.48. The lowest BCUT2D eigenvalue weighted by Crippen LogP contribution is -1.86. The average molecular weight is 345 g/mol. The molecule has 0 atom stereocenters. The molecule has 0 saturated carbocycles. The molecular weight excluding hydrogens is 342 g/mol. The monoisotopic (exact) mass is 344 g/mol. The van der Waals surface area contributed by atoms with Crippen molar-refractivity contribution in [3.63, 3.8) is 0 Å². The molecule has 1 nitrogen and oxygen atoms in total. The number of rotatable bonds is 1. The van der Waals surface area contributed by atoms with Crippen LogP contribution in [0.5, 0.6) is 0 Å². The smallest absolute Gasteiger partial charge is 0.152 e. The highest BCUT2D eigenvalue weighted by Gasteiger charge is 2.06. The lowest BCUT2D eigenvalue weighted by atomic mass is 10.2. The van der Waals surface area contributed by atoms with Crippen LogP contribution in [0.3, 0.4) is 0 Å². The van der Waals surface area contributed by atoms with E-state index in [2.05, 4.69) is 38.5 Å². The highest BCUT2D eigenvalue weighted by molar-refractivity contribution is 14.1. The van der Waals surface area contributed by atoms with E-state index >= 15 is 0 Å². The van der Waals surface area contributed by atoms with Gasteiger partial charge in [0.2, 0.25) is 0 Å². The fourth-order valence-corrected chi connectivity index (χ4v) is 1.87. The second-order valence-electron chi connectivity index (χ2n) is 1.87. The third-order valence-electron chi connectivity index (χ3n) is 1.20. The maximum atomic E-state index is 10.5. The van der Waals surface area contributed by atoms with Crippen LogP contribution in [0.4, 0.5) is 0 Å². The van der Waals surface area contributed by atoms with E-state index in [1.165, 1.54) is 0 Å². The van der Waals surface area contributed by atoms with Gasteiger partial charge in [0.25, 0.3) is 0 Å². The van der Waals surface area contributed by atoms with Crippen molar-refractivity contribution < 1.29 is 4.79 Å². The van der Waals surface area contributed by atoms with Gasteiger partial charge in [0.05, 0.1) is 5.02 Å².